The molecular formula is C35H46N8O2. The fourth-order valence-electron chi connectivity index (χ4n) is 6.56. The van der Waals surface area contributed by atoms with Gasteiger partial charge in [0.05, 0.1) is 17.6 Å². The maximum atomic E-state index is 13.0. The van der Waals surface area contributed by atoms with E-state index in [1.807, 2.05) is 44.4 Å². The molecule has 10 heteroatoms. The van der Waals surface area contributed by atoms with Gasteiger partial charge in [0.2, 0.25) is 11.9 Å². The second kappa shape index (κ2) is 13.5. The number of likely N-dealkylation sites (tertiary alicyclic amines) is 1. The molecule has 2 fully saturated rings. The Kier molecular flexibility index (Phi) is 9.32. The monoisotopic (exact) mass is 610 g/mol. The average molecular weight is 611 g/mol. The number of piperidine rings is 1. The van der Waals surface area contributed by atoms with Gasteiger partial charge in [0.25, 0.3) is 0 Å². The Morgan fingerprint density at radius 1 is 1.04 bits per heavy atom. The topological polar surface area (TPSA) is 123 Å². The number of carbonyl (C=O) groups excluding carboxylic acids is 1. The third-order valence-electron chi connectivity index (χ3n) is 9.25. The first-order chi connectivity index (χ1) is 21.7. The van der Waals surface area contributed by atoms with Gasteiger partial charge in [-0.15, -0.1) is 0 Å². The molecule has 1 saturated heterocycles. The number of hydrogen-bond acceptors (Lipinski definition) is 8. The van der Waals surface area contributed by atoms with E-state index in [0.29, 0.717) is 23.8 Å². The molecule has 10 nitrogen and oxygen atoms in total. The summed E-state index contributed by atoms with van der Waals surface area (Å²) in [7, 11) is 4.04. The number of carbonyl (C=O) groups is 1. The maximum absolute atomic E-state index is 13.0. The first kappa shape index (κ1) is 31.0. The second-order valence-corrected chi connectivity index (χ2v) is 12.9. The minimum atomic E-state index is -0.107. The second-order valence-electron chi connectivity index (χ2n) is 12.9. The Morgan fingerprint density at radius 3 is 2.56 bits per heavy atom. The number of anilines is 2. The molecule has 1 amide bonds. The molecule has 2 aromatic carbocycles. The number of benzene rings is 2. The number of fused-ring (bicyclic) bond motifs is 1. The Morgan fingerprint density at radius 2 is 1.82 bits per heavy atom. The molecule has 1 saturated carbocycles. The smallest absolute Gasteiger partial charge is 0.229 e. The number of aromatic nitrogens is 4. The molecule has 0 bridgehead atoms. The minimum Gasteiger partial charge on any atom is -0.490 e. The molecule has 0 unspecified atom stereocenters. The van der Waals surface area contributed by atoms with Gasteiger partial charge in [0.1, 0.15) is 11.9 Å². The van der Waals surface area contributed by atoms with Crippen molar-refractivity contribution < 1.29 is 9.53 Å². The van der Waals surface area contributed by atoms with Crippen LogP contribution >= 0.6 is 0 Å². The van der Waals surface area contributed by atoms with Gasteiger partial charge in [-0.25, -0.2) is 9.97 Å². The number of rotatable bonds is 9. The van der Waals surface area contributed by atoms with Crippen LogP contribution in [0.4, 0.5) is 11.8 Å². The van der Waals surface area contributed by atoms with Gasteiger partial charge in [0.15, 0.2) is 5.82 Å². The van der Waals surface area contributed by atoms with Crippen LogP contribution in [0.5, 0.6) is 5.75 Å². The lowest BCUT2D eigenvalue weighted by Gasteiger charge is -2.29. The zero-order valence-corrected chi connectivity index (χ0v) is 27.0. The Hall–Kier alpha value is -4.02. The van der Waals surface area contributed by atoms with Gasteiger partial charge in [-0.1, -0.05) is 19.1 Å². The van der Waals surface area contributed by atoms with Crippen molar-refractivity contribution in [3.8, 4) is 17.0 Å². The molecular weight excluding hydrogens is 564 g/mol. The molecule has 2 aliphatic rings. The van der Waals surface area contributed by atoms with Crippen molar-refractivity contribution in [1.82, 2.24) is 24.6 Å². The summed E-state index contributed by atoms with van der Waals surface area (Å²) in [6.45, 7) is 6.30. The number of nitrogens with one attached hydrogen (secondary N) is 2. The average Bonchev–Trinajstić information content (AvgIpc) is 3.39. The number of nitrogens with two attached hydrogens (primary N) is 1. The van der Waals surface area contributed by atoms with Crippen molar-refractivity contribution >= 4 is 28.6 Å². The molecule has 3 heterocycles. The van der Waals surface area contributed by atoms with Gasteiger partial charge in [-0.2, -0.15) is 5.10 Å². The molecule has 6 rings (SSSR count). The molecule has 0 radical (unpaired) electrons. The van der Waals surface area contributed by atoms with Crippen LogP contribution in [0, 0.1) is 6.92 Å². The fraction of sp³-hybridized carbons (Fsp3) is 0.486. The van der Waals surface area contributed by atoms with E-state index in [0.717, 1.165) is 103 Å². The summed E-state index contributed by atoms with van der Waals surface area (Å²) < 4.78 is 8.08. The highest BCUT2D eigenvalue weighted by Crippen LogP contribution is 2.30. The molecule has 0 spiro atoms. The zero-order valence-electron chi connectivity index (χ0n) is 27.0. The van der Waals surface area contributed by atoms with Crippen LogP contribution in [0.25, 0.3) is 22.2 Å². The van der Waals surface area contributed by atoms with E-state index < -0.39 is 0 Å². The maximum Gasteiger partial charge on any atom is 0.229 e. The highest BCUT2D eigenvalue weighted by atomic mass is 16.5. The van der Waals surface area contributed by atoms with Crippen LogP contribution in [0.3, 0.4) is 0 Å². The summed E-state index contributed by atoms with van der Waals surface area (Å²) in [4.78, 5) is 24.9. The first-order valence-corrected chi connectivity index (χ1v) is 16.3. The van der Waals surface area contributed by atoms with E-state index in [4.69, 9.17) is 15.5 Å². The highest BCUT2D eigenvalue weighted by Gasteiger charge is 2.21. The highest BCUT2D eigenvalue weighted by molar-refractivity contribution is 5.92. The third-order valence-corrected chi connectivity index (χ3v) is 9.25. The summed E-state index contributed by atoms with van der Waals surface area (Å²) in [6, 6.07) is 12.9. The van der Waals surface area contributed by atoms with Crippen LogP contribution in [-0.2, 0) is 24.7 Å². The van der Waals surface area contributed by atoms with E-state index in [-0.39, 0.29) is 18.4 Å². The fourth-order valence-corrected chi connectivity index (χ4v) is 6.56. The Balaban J connectivity index is 1.11. The molecule has 0 atom stereocenters. The van der Waals surface area contributed by atoms with Crippen molar-refractivity contribution in [2.24, 2.45) is 12.8 Å². The number of hydrogen-bond donors (Lipinski definition) is 3. The predicted molar refractivity (Wildman–Crippen MR) is 180 cm³/mol. The summed E-state index contributed by atoms with van der Waals surface area (Å²) in [6.07, 6.45) is 9.46. The van der Waals surface area contributed by atoms with Gasteiger partial charge in [-0.05, 0) is 93.8 Å². The van der Waals surface area contributed by atoms with Crippen LogP contribution in [-0.4, -0.2) is 68.9 Å². The first-order valence-electron chi connectivity index (χ1n) is 16.3. The summed E-state index contributed by atoms with van der Waals surface area (Å²) in [5.41, 5.74) is 12.1. The van der Waals surface area contributed by atoms with Crippen LogP contribution in [0.15, 0.2) is 42.6 Å². The van der Waals surface area contributed by atoms with E-state index in [1.54, 1.807) is 4.68 Å². The van der Waals surface area contributed by atoms with E-state index in [2.05, 4.69) is 51.7 Å². The van der Waals surface area contributed by atoms with Gasteiger partial charge in [0, 0.05) is 55.4 Å². The zero-order chi connectivity index (χ0) is 31.5. The standard InChI is InChI=1S/C35H46N8O2/c1-5-24-18-25(19-26-21-37-35(40-34(24)26)38-28-9-7-27(36)8-10-28)30-20-32(41-43(30)4)39-33(44)17-23-6-11-31(22(2)16-23)45-29-12-14-42(3)15-13-29/h6,11,16,18-21,27-29H,5,7-10,12-15,17,36H2,1-4H3,(H,37,38,40)(H,39,41,44). The third kappa shape index (κ3) is 7.45. The van der Waals surface area contributed by atoms with Gasteiger partial charge >= 0.3 is 0 Å². The lowest BCUT2D eigenvalue weighted by molar-refractivity contribution is -0.115. The van der Waals surface area contributed by atoms with Crippen LogP contribution in [0.1, 0.15) is 62.1 Å². The van der Waals surface area contributed by atoms with Crippen LogP contribution in [0.2, 0.25) is 0 Å². The van der Waals surface area contributed by atoms with E-state index in [9.17, 15) is 4.79 Å². The molecule has 4 aromatic rings. The van der Waals surface area contributed by atoms with E-state index >= 15 is 0 Å². The molecule has 1 aliphatic heterocycles. The molecule has 238 valence electrons. The quantitative estimate of drug-likeness (QED) is 0.235. The lowest BCUT2D eigenvalue weighted by atomic mass is 9.92. The molecule has 4 N–H and O–H groups in total. The Bertz CT molecular complexity index is 1650. The number of aryl methyl sites for hydroxylation is 3. The SMILES string of the molecule is CCc1cc(-c2cc(NC(=O)Cc3ccc(OC4CCN(C)CC4)c(C)c3)nn2C)cc2cnc(NC3CCC(N)CC3)nc12. The summed E-state index contributed by atoms with van der Waals surface area (Å²) >= 11 is 0. The normalized spacial score (nSPS) is 19.5. The van der Waals surface area contributed by atoms with Crippen molar-refractivity contribution in [3.05, 3.63) is 59.3 Å². The largest absolute Gasteiger partial charge is 0.490 e. The van der Waals surface area contributed by atoms with Crippen LogP contribution < -0.4 is 21.1 Å². The lowest BCUT2D eigenvalue weighted by Crippen LogP contribution is -2.35. The number of ether oxygens (including phenoxy) is 1. The van der Waals surface area contributed by atoms with Crippen molar-refractivity contribution in [3.63, 3.8) is 0 Å². The molecule has 1 aliphatic carbocycles. The van der Waals surface area contributed by atoms with Crippen molar-refractivity contribution in [2.45, 2.75) is 83.4 Å². The summed E-state index contributed by atoms with van der Waals surface area (Å²) in [5.74, 6) is 1.99. The molecule has 2 aromatic heterocycles. The minimum absolute atomic E-state index is 0.107. The van der Waals surface area contributed by atoms with E-state index in [1.165, 1.54) is 0 Å². The van der Waals surface area contributed by atoms with Crippen molar-refractivity contribution in [2.75, 3.05) is 30.8 Å². The van der Waals surface area contributed by atoms with Gasteiger partial charge < -0.3 is 26.0 Å². The predicted octanol–water partition coefficient (Wildman–Crippen LogP) is 5.24. The number of amides is 1. The molecule has 45 heavy (non-hydrogen) atoms. The van der Waals surface area contributed by atoms with Crippen molar-refractivity contribution in [1.29, 1.82) is 0 Å². The van der Waals surface area contributed by atoms with Gasteiger partial charge in [-0.3, -0.25) is 9.48 Å². The Labute approximate surface area is 265 Å². The summed E-state index contributed by atoms with van der Waals surface area (Å²) in [5, 5.41) is 12.1. The number of nitrogens with zero attached hydrogens (tertiary/aromatic N) is 5.